The predicted molar refractivity (Wildman–Crippen MR) is 108 cm³/mol. The second-order valence-electron chi connectivity index (χ2n) is 5.93. The van der Waals surface area contributed by atoms with Gasteiger partial charge >= 0.3 is 0 Å². The minimum atomic E-state index is -0.413. The second kappa shape index (κ2) is 10.7. The molecule has 2 aromatic carbocycles. The van der Waals surface area contributed by atoms with Gasteiger partial charge in [-0.25, -0.2) is 4.39 Å². The molecule has 3 aromatic rings. The molecule has 3 rings (SSSR count). The highest BCUT2D eigenvalue weighted by molar-refractivity contribution is 5.60. The minimum absolute atomic E-state index is 0.0126. The minimum Gasteiger partial charge on any atom is -0.497 e. The summed E-state index contributed by atoms with van der Waals surface area (Å²) < 4.78 is 19.8. The number of hydrogen-bond donors (Lipinski definition) is 2. The van der Waals surface area contributed by atoms with Crippen molar-refractivity contribution in [2.75, 3.05) is 20.3 Å². The fourth-order valence-corrected chi connectivity index (χ4v) is 2.43. The van der Waals surface area contributed by atoms with Gasteiger partial charge in [0.05, 0.1) is 25.1 Å². The van der Waals surface area contributed by atoms with Crippen LogP contribution >= 0.6 is 0 Å². The molecule has 1 heterocycles. The van der Waals surface area contributed by atoms with Crippen LogP contribution in [-0.4, -0.2) is 41.6 Å². The summed E-state index contributed by atoms with van der Waals surface area (Å²) in [5, 5.41) is 14.6. The Balaban J connectivity index is 0.000000438. The lowest BCUT2D eigenvalue weighted by atomic mass is 10.1. The van der Waals surface area contributed by atoms with E-state index in [-0.39, 0.29) is 12.2 Å². The molecule has 1 amide bonds. The van der Waals surface area contributed by atoms with Crippen LogP contribution in [0.25, 0.3) is 16.9 Å². The van der Waals surface area contributed by atoms with E-state index in [1.807, 2.05) is 24.3 Å². The van der Waals surface area contributed by atoms with Crippen LogP contribution in [0.15, 0.2) is 59.4 Å². The summed E-state index contributed by atoms with van der Waals surface area (Å²) in [6, 6.07) is 14.9. The highest BCUT2D eigenvalue weighted by Crippen LogP contribution is 2.21. The van der Waals surface area contributed by atoms with E-state index in [9.17, 15) is 14.0 Å². The third-order valence-electron chi connectivity index (χ3n) is 3.87. The Bertz CT molecular complexity index is 1000. The smallest absolute Gasteiger partial charge is 0.274 e. The van der Waals surface area contributed by atoms with Crippen LogP contribution in [-0.2, 0) is 4.79 Å². The van der Waals surface area contributed by atoms with E-state index in [0.717, 1.165) is 11.3 Å². The molecule has 0 fully saturated rings. The molecule has 152 valence electrons. The van der Waals surface area contributed by atoms with Crippen molar-refractivity contribution in [2.24, 2.45) is 0 Å². The number of halogens is 1. The molecule has 29 heavy (non-hydrogen) atoms. The quantitative estimate of drug-likeness (QED) is 0.489. The summed E-state index contributed by atoms with van der Waals surface area (Å²) in [4.78, 5) is 21.7. The molecule has 0 unspecified atom stereocenters. The summed E-state index contributed by atoms with van der Waals surface area (Å²) in [7, 11) is 1.60. The maximum atomic E-state index is 13.4. The average Bonchev–Trinajstić information content (AvgIpc) is 2.74. The Kier molecular flexibility index (Phi) is 8.05. The molecule has 2 N–H and O–H groups in total. The molecule has 0 aliphatic rings. The van der Waals surface area contributed by atoms with Gasteiger partial charge in [-0.05, 0) is 55.5 Å². The van der Waals surface area contributed by atoms with Crippen LogP contribution in [0, 0.1) is 12.7 Å². The number of benzene rings is 2. The van der Waals surface area contributed by atoms with Crippen molar-refractivity contribution in [3.05, 3.63) is 76.3 Å². The number of nitrogens with zero attached hydrogens (tertiary/aromatic N) is 2. The SMILES string of the molecule is COc1ccc(-c2cc(C)c(=O)n(-c3cccc(F)c3)n2)cc1.O=CNCCO. The summed E-state index contributed by atoms with van der Waals surface area (Å²) in [5.74, 6) is 0.327. The van der Waals surface area contributed by atoms with Crippen molar-refractivity contribution in [3.63, 3.8) is 0 Å². The maximum absolute atomic E-state index is 13.4. The Morgan fingerprint density at radius 3 is 2.48 bits per heavy atom. The summed E-state index contributed by atoms with van der Waals surface area (Å²) >= 11 is 0. The van der Waals surface area contributed by atoms with Crippen molar-refractivity contribution >= 4 is 6.41 Å². The van der Waals surface area contributed by atoms with Gasteiger partial charge in [-0.2, -0.15) is 9.78 Å². The Hall–Kier alpha value is -3.52. The average molecular weight is 399 g/mol. The first-order chi connectivity index (χ1) is 14.0. The van der Waals surface area contributed by atoms with Gasteiger partial charge < -0.3 is 15.2 Å². The molecule has 0 aliphatic carbocycles. The monoisotopic (exact) mass is 399 g/mol. The van der Waals surface area contributed by atoms with Crippen LogP contribution in [0.1, 0.15) is 5.56 Å². The standard InChI is InChI=1S/C18H15FN2O2.C3H7NO2/c1-12-10-17(13-6-8-16(23-2)9-7-13)20-21(18(12)22)15-5-3-4-14(19)11-15;5-2-1-4-3-6/h3-11H,1-2H3;3,5H,1-2H2,(H,4,6). The second-order valence-corrected chi connectivity index (χ2v) is 5.93. The van der Waals surface area contributed by atoms with E-state index in [1.165, 1.54) is 16.8 Å². The number of hydrogen-bond acceptors (Lipinski definition) is 5. The maximum Gasteiger partial charge on any atom is 0.274 e. The summed E-state index contributed by atoms with van der Waals surface area (Å²) in [5.41, 5.74) is 2.14. The Morgan fingerprint density at radius 1 is 1.21 bits per heavy atom. The van der Waals surface area contributed by atoms with Gasteiger partial charge in [0.15, 0.2) is 0 Å². The number of carbonyl (C=O) groups excluding carboxylic acids is 1. The van der Waals surface area contributed by atoms with E-state index in [2.05, 4.69) is 10.4 Å². The van der Waals surface area contributed by atoms with Crippen molar-refractivity contribution in [1.29, 1.82) is 0 Å². The zero-order chi connectivity index (χ0) is 21.2. The van der Waals surface area contributed by atoms with Crippen molar-refractivity contribution < 1.29 is 19.0 Å². The first-order valence-electron chi connectivity index (χ1n) is 8.79. The largest absolute Gasteiger partial charge is 0.497 e. The molecule has 0 spiro atoms. The molecule has 0 aliphatic heterocycles. The molecular weight excluding hydrogens is 377 g/mol. The molecule has 0 saturated heterocycles. The number of aliphatic hydroxyl groups excluding tert-OH is 1. The summed E-state index contributed by atoms with van der Waals surface area (Å²) in [6.45, 7) is 2.08. The third kappa shape index (κ3) is 5.98. The number of nitrogens with one attached hydrogen (secondary N) is 1. The zero-order valence-corrected chi connectivity index (χ0v) is 16.1. The molecule has 8 heteroatoms. The predicted octanol–water partition coefficient (Wildman–Crippen LogP) is 2.08. The Morgan fingerprint density at radius 2 is 1.93 bits per heavy atom. The number of aromatic nitrogens is 2. The Labute approximate surface area is 167 Å². The summed E-state index contributed by atoms with van der Waals surface area (Å²) in [6.07, 6.45) is 0.552. The van der Waals surface area contributed by atoms with Crippen LogP contribution in [0.3, 0.4) is 0 Å². The van der Waals surface area contributed by atoms with Crippen molar-refractivity contribution in [3.8, 4) is 22.7 Å². The van der Waals surface area contributed by atoms with Crippen LogP contribution in [0.5, 0.6) is 5.75 Å². The van der Waals surface area contributed by atoms with E-state index in [0.29, 0.717) is 29.9 Å². The zero-order valence-electron chi connectivity index (χ0n) is 16.1. The van der Waals surface area contributed by atoms with Crippen molar-refractivity contribution in [2.45, 2.75) is 6.92 Å². The topological polar surface area (TPSA) is 93.5 Å². The number of ether oxygens (including phenoxy) is 1. The molecule has 0 saturated carbocycles. The van der Waals surface area contributed by atoms with Crippen LogP contribution < -0.4 is 15.6 Å². The molecule has 0 bridgehead atoms. The first kappa shape index (κ1) is 21.8. The number of methoxy groups -OCH3 is 1. The number of aliphatic hydroxyl groups is 1. The van der Waals surface area contributed by atoms with Gasteiger partial charge in [-0.1, -0.05) is 6.07 Å². The molecule has 0 radical (unpaired) electrons. The highest BCUT2D eigenvalue weighted by Gasteiger charge is 2.09. The molecule has 7 nitrogen and oxygen atoms in total. The van der Waals surface area contributed by atoms with Gasteiger partial charge in [-0.3, -0.25) is 9.59 Å². The van der Waals surface area contributed by atoms with Crippen LogP contribution in [0.2, 0.25) is 0 Å². The van der Waals surface area contributed by atoms with Gasteiger partial charge in [-0.15, -0.1) is 0 Å². The lowest BCUT2D eigenvalue weighted by molar-refractivity contribution is -0.109. The fraction of sp³-hybridized carbons (Fsp3) is 0.190. The van der Waals surface area contributed by atoms with Crippen molar-refractivity contribution in [1.82, 2.24) is 15.1 Å². The van der Waals surface area contributed by atoms with Gasteiger partial charge in [0, 0.05) is 17.7 Å². The van der Waals surface area contributed by atoms with E-state index in [1.54, 1.807) is 32.2 Å². The van der Waals surface area contributed by atoms with E-state index in [4.69, 9.17) is 9.84 Å². The van der Waals surface area contributed by atoms with Gasteiger partial charge in [0.1, 0.15) is 11.6 Å². The third-order valence-corrected chi connectivity index (χ3v) is 3.87. The fourth-order valence-electron chi connectivity index (χ4n) is 2.43. The van der Waals surface area contributed by atoms with Gasteiger partial charge in [0.25, 0.3) is 5.56 Å². The van der Waals surface area contributed by atoms with E-state index >= 15 is 0 Å². The van der Waals surface area contributed by atoms with Gasteiger partial charge in [0.2, 0.25) is 6.41 Å². The molecular formula is C21H22FN3O4. The number of aryl methyl sites for hydroxylation is 1. The molecule has 1 aromatic heterocycles. The number of rotatable bonds is 6. The normalized spacial score (nSPS) is 9.93. The number of carbonyl (C=O) groups is 1. The highest BCUT2D eigenvalue weighted by atomic mass is 19.1. The first-order valence-corrected chi connectivity index (χ1v) is 8.79. The number of amides is 1. The lowest BCUT2D eigenvalue weighted by Gasteiger charge is -2.09. The van der Waals surface area contributed by atoms with E-state index < -0.39 is 5.82 Å². The lowest BCUT2D eigenvalue weighted by Crippen LogP contribution is -2.23. The molecule has 0 atom stereocenters. The van der Waals surface area contributed by atoms with Crippen LogP contribution in [0.4, 0.5) is 4.39 Å².